The lowest BCUT2D eigenvalue weighted by Gasteiger charge is -2.34. The number of hydrogen-bond acceptors (Lipinski definition) is 4. The largest absolute Gasteiger partial charge is 0.357 e. The SMILES string of the molecule is O=C(c1cc(-c2ccccc2)c[nH]1)N1CCN(CCSc2ccc(Br)s2)CC1. The first kappa shape index (κ1) is 19.8. The molecule has 1 aliphatic heterocycles. The molecular weight excluding hydrogens is 454 g/mol. The molecule has 2 aromatic heterocycles. The minimum atomic E-state index is 0.0969. The molecule has 0 bridgehead atoms. The van der Waals surface area contributed by atoms with Crippen molar-refractivity contribution in [3.8, 4) is 11.1 Å². The maximum atomic E-state index is 12.8. The van der Waals surface area contributed by atoms with Crippen LogP contribution in [0.5, 0.6) is 0 Å². The predicted molar refractivity (Wildman–Crippen MR) is 121 cm³/mol. The number of benzene rings is 1. The minimum absolute atomic E-state index is 0.0969. The molecule has 0 saturated carbocycles. The summed E-state index contributed by atoms with van der Waals surface area (Å²) in [6.45, 7) is 4.50. The van der Waals surface area contributed by atoms with Crippen LogP contribution in [0.1, 0.15) is 10.5 Å². The predicted octanol–water partition coefficient (Wildman–Crippen LogP) is 5.06. The number of thioether (sulfide) groups is 1. The summed E-state index contributed by atoms with van der Waals surface area (Å²) in [6, 6.07) is 16.4. The number of carbonyl (C=O) groups excluding carboxylic acids is 1. The summed E-state index contributed by atoms with van der Waals surface area (Å²) in [6.07, 6.45) is 1.92. The van der Waals surface area contributed by atoms with E-state index in [1.165, 1.54) is 8.00 Å². The Morgan fingerprint density at radius 2 is 1.86 bits per heavy atom. The molecule has 4 rings (SSSR count). The number of nitrogens with one attached hydrogen (secondary N) is 1. The number of hydrogen-bond donors (Lipinski definition) is 1. The Kier molecular flexibility index (Phi) is 6.57. The van der Waals surface area contributed by atoms with Crippen LogP contribution in [-0.4, -0.2) is 59.2 Å². The monoisotopic (exact) mass is 475 g/mol. The average Bonchev–Trinajstić information content (AvgIpc) is 3.38. The van der Waals surface area contributed by atoms with Crippen LogP contribution >= 0.6 is 39.0 Å². The highest BCUT2D eigenvalue weighted by Crippen LogP contribution is 2.30. The van der Waals surface area contributed by atoms with Crippen LogP contribution in [0.25, 0.3) is 11.1 Å². The normalized spacial score (nSPS) is 15.1. The molecule has 1 fully saturated rings. The molecule has 0 aliphatic carbocycles. The Hall–Kier alpha value is -1.54. The van der Waals surface area contributed by atoms with Gasteiger partial charge in [0.2, 0.25) is 0 Å². The molecule has 0 radical (unpaired) electrons. The van der Waals surface area contributed by atoms with Crippen molar-refractivity contribution in [1.82, 2.24) is 14.8 Å². The lowest BCUT2D eigenvalue weighted by atomic mass is 10.1. The molecule has 4 nitrogen and oxygen atoms in total. The van der Waals surface area contributed by atoms with Gasteiger partial charge in [-0.2, -0.15) is 0 Å². The third-order valence-corrected chi connectivity index (χ3v) is 7.71. The molecule has 1 aliphatic rings. The molecule has 1 aromatic carbocycles. The van der Waals surface area contributed by atoms with Gasteiger partial charge in [0, 0.05) is 44.7 Å². The Morgan fingerprint density at radius 3 is 2.57 bits per heavy atom. The number of H-pyrrole nitrogens is 1. The number of aromatic amines is 1. The molecular formula is C21H22BrN3OS2. The van der Waals surface area contributed by atoms with Gasteiger partial charge in [-0.3, -0.25) is 9.69 Å². The van der Waals surface area contributed by atoms with Gasteiger partial charge in [-0.05, 0) is 45.3 Å². The van der Waals surface area contributed by atoms with Gasteiger partial charge in [0.25, 0.3) is 5.91 Å². The molecule has 7 heteroatoms. The summed E-state index contributed by atoms with van der Waals surface area (Å²) in [5.74, 6) is 1.18. The molecule has 146 valence electrons. The summed E-state index contributed by atoms with van der Waals surface area (Å²) in [7, 11) is 0. The van der Waals surface area contributed by atoms with E-state index in [0.29, 0.717) is 5.69 Å². The second kappa shape index (κ2) is 9.31. The standard InChI is InChI=1S/C21H22BrN3OS2/c22-19-6-7-20(28-19)27-13-12-24-8-10-25(11-9-24)21(26)18-14-17(15-23-18)16-4-2-1-3-5-16/h1-7,14-15,23H,8-13H2. The van der Waals surface area contributed by atoms with Crippen molar-refractivity contribution in [3.63, 3.8) is 0 Å². The number of amides is 1. The highest BCUT2D eigenvalue weighted by Gasteiger charge is 2.23. The second-order valence-electron chi connectivity index (χ2n) is 6.71. The molecule has 1 amide bonds. The quantitative estimate of drug-likeness (QED) is 0.506. The number of carbonyl (C=O) groups is 1. The van der Waals surface area contributed by atoms with Crippen LogP contribution in [-0.2, 0) is 0 Å². The van der Waals surface area contributed by atoms with E-state index in [1.807, 2.05) is 47.1 Å². The first-order valence-electron chi connectivity index (χ1n) is 9.32. The number of thiophene rings is 1. The van der Waals surface area contributed by atoms with Crippen molar-refractivity contribution in [2.45, 2.75) is 4.21 Å². The van der Waals surface area contributed by atoms with E-state index >= 15 is 0 Å². The maximum absolute atomic E-state index is 12.8. The lowest BCUT2D eigenvalue weighted by Crippen LogP contribution is -2.49. The van der Waals surface area contributed by atoms with Crippen LogP contribution in [0.4, 0.5) is 0 Å². The van der Waals surface area contributed by atoms with E-state index in [2.05, 4.69) is 50.1 Å². The summed E-state index contributed by atoms with van der Waals surface area (Å²) in [5, 5.41) is 0. The van der Waals surface area contributed by atoms with Gasteiger partial charge in [0.05, 0.1) is 8.00 Å². The number of piperazine rings is 1. The molecule has 0 unspecified atom stereocenters. The molecule has 1 N–H and O–H groups in total. The van der Waals surface area contributed by atoms with Crippen molar-refractivity contribution < 1.29 is 4.79 Å². The van der Waals surface area contributed by atoms with Crippen molar-refractivity contribution in [1.29, 1.82) is 0 Å². The first-order chi connectivity index (χ1) is 13.7. The fourth-order valence-corrected chi connectivity index (χ4v) is 6.22. The third-order valence-electron chi connectivity index (χ3n) is 4.88. The number of nitrogens with zero attached hydrogens (tertiary/aromatic N) is 2. The molecule has 3 heterocycles. The smallest absolute Gasteiger partial charge is 0.270 e. The van der Waals surface area contributed by atoms with Gasteiger partial charge in [0.1, 0.15) is 5.69 Å². The minimum Gasteiger partial charge on any atom is -0.357 e. The van der Waals surface area contributed by atoms with Crippen molar-refractivity contribution in [3.05, 3.63) is 64.2 Å². The van der Waals surface area contributed by atoms with Crippen LogP contribution < -0.4 is 0 Å². The van der Waals surface area contributed by atoms with Gasteiger partial charge in [0.15, 0.2) is 0 Å². The number of aromatic nitrogens is 1. The number of halogens is 1. The zero-order valence-electron chi connectivity index (χ0n) is 15.4. The summed E-state index contributed by atoms with van der Waals surface area (Å²) >= 11 is 7.19. The van der Waals surface area contributed by atoms with Gasteiger partial charge < -0.3 is 9.88 Å². The van der Waals surface area contributed by atoms with Crippen molar-refractivity contribution in [2.24, 2.45) is 0 Å². The molecule has 0 spiro atoms. The Morgan fingerprint density at radius 1 is 1.07 bits per heavy atom. The zero-order chi connectivity index (χ0) is 19.3. The van der Waals surface area contributed by atoms with E-state index in [9.17, 15) is 4.79 Å². The Balaban J connectivity index is 1.25. The maximum Gasteiger partial charge on any atom is 0.270 e. The van der Waals surface area contributed by atoms with E-state index < -0.39 is 0 Å². The van der Waals surface area contributed by atoms with Crippen LogP contribution in [0, 0.1) is 0 Å². The van der Waals surface area contributed by atoms with Crippen LogP contribution in [0.3, 0.4) is 0 Å². The molecule has 0 atom stereocenters. The summed E-state index contributed by atoms with van der Waals surface area (Å²) < 4.78 is 2.53. The molecule has 3 aromatic rings. The first-order valence-corrected chi connectivity index (χ1v) is 11.9. The van der Waals surface area contributed by atoms with Gasteiger partial charge in [-0.1, -0.05) is 30.3 Å². The van der Waals surface area contributed by atoms with Crippen LogP contribution in [0.15, 0.2) is 62.7 Å². The van der Waals surface area contributed by atoms with E-state index in [4.69, 9.17) is 0 Å². The molecule has 28 heavy (non-hydrogen) atoms. The summed E-state index contributed by atoms with van der Waals surface area (Å²) in [5.41, 5.74) is 2.85. The lowest BCUT2D eigenvalue weighted by molar-refractivity contribution is 0.0639. The second-order valence-corrected chi connectivity index (χ2v) is 10.6. The Bertz CT molecular complexity index is 917. The van der Waals surface area contributed by atoms with Crippen LogP contribution in [0.2, 0.25) is 0 Å². The fraction of sp³-hybridized carbons (Fsp3) is 0.286. The number of rotatable bonds is 6. The average molecular weight is 476 g/mol. The molecule has 1 saturated heterocycles. The van der Waals surface area contributed by atoms with E-state index in [-0.39, 0.29) is 5.91 Å². The summed E-state index contributed by atoms with van der Waals surface area (Å²) in [4.78, 5) is 20.4. The van der Waals surface area contributed by atoms with E-state index in [1.54, 1.807) is 11.3 Å². The highest BCUT2D eigenvalue weighted by molar-refractivity contribution is 9.11. The van der Waals surface area contributed by atoms with Crippen molar-refractivity contribution >= 4 is 44.9 Å². The van der Waals surface area contributed by atoms with E-state index in [0.717, 1.165) is 49.6 Å². The fourth-order valence-electron chi connectivity index (χ4n) is 3.31. The topological polar surface area (TPSA) is 39.3 Å². The highest BCUT2D eigenvalue weighted by atomic mass is 79.9. The van der Waals surface area contributed by atoms with Gasteiger partial charge >= 0.3 is 0 Å². The van der Waals surface area contributed by atoms with Gasteiger partial charge in [-0.15, -0.1) is 23.1 Å². The zero-order valence-corrected chi connectivity index (χ0v) is 18.7. The third kappa shape index (κ3) is 4.89. The Labute approximate surface area is 182 Å². The van der Waals surface area contributed by atoms with Crippen molar-refractivity contribution in [2.75, 3.05) is 38.5 Å². The van der Waals surface area contributed by atoms with Gasteiger partial charge in [-0.25, -0.2) is 0 Å².